The van der Waals surface area contributed by atoms with E-state index < -0.39 is 37.8 Å². The molecule has 0 bridgehead atoms. The van der Waals surface area contributed by atoms with Gasteiger partial charge in [0.05, 0.1) is 5.56 Å². The normalized spacial score (nSPS) is 17.2. The van der Waals surface area contributed by atoms with Crippen LogP contribution in [0.15, 0.2) is 21.5 Å². The van der Waals surface area contributed by atoms with E-state index in [0.717, 1.165) is 12.1 Å². The van der Waals surface area contributed by atoms with Crippen molar-refractivity contribution < 1.29 is 22.7 Å². The Labute approximate surface area is 118 Å². The zero-order chi connectivity index (χ0) is 14.4. The van der Waals surface area contributed by atoms with Crippen molar-refractivity contribution in [1.82, 2.24) is 4.72 Å². The Morgan fingerprint density at radius 2 is 2.05 bits per heavy atom. The van der Waals surface area contributed by atoms with Crippen molar-refractivity contribution in [3.63, 3.8) is 0 Å². The highest BCUT2D eigenvalue weighted by Gasteiger charge is 2.42. The molecule has 0 atom stereocenters. The molecule has 2 N–H and O–H groups in total. The molecular weight excluding hydrogens is 341 g/mol. The van der Waals surface area contributed by atoms with Crippen LogP contribution in [0.5, 0.6) is 0 Å². The number of sulfonamides is 1. The Morgan fingerprint density at radius 3 is 2.53 bits per heavy atom. The minimum absolute atomic E-state index is 0.188. The van der Waals surface area contributed by atoms with E-state index in [9.17, 15) is 17.6 Å². The fourth-order valence-corrected chi connectivity index (χ4v) is 3.78. The van der Waals surface area contributed by atoms with Crippen LogP contribution in [0.4, 0.5) is 4.39 Å². The molecule has 0 aliphatic heterocycles. The summed E-state index contributed by atoms with van der Waals surface area (Å²) in [4.78, 5) is 10.2. The van der Waals surface area contributed by atoms with Crippen LogP contribution in [-0.4, -0.2) is 25.0 Å². The number of benzene rings is 1. The van der Waals surface area contributed by atoms with Gasteiger partial charge in [0.15, 0.2) is 5.82 Å². The Kier molecular flexibility index (Phi) is 3.44. The molecule has 0 unspecified atom stereocenters. The van der Waals surface area contributed by atoms with Crippen LogP contribution >= 0.6 is 15.9 Å². The summed E-state index contributed by atoms with van der Waals surface area (Å²) in [6, 6.07) is 2.07. The summed E-state index contributed by atoms with van der Waals surface area (Å²) in [6.45, 7) is 1.71. The van der Waals surface area contributed by atoms with Crippen LogP contribution in [0.3, 0.4) is 0 Å². The number of nitrogens with one attached hydrogen (secondary N) is 1. The van der Waals surface area contributed by atoms with E-state index in [4.69, 9.17) is 5.11 Å². The lowest BCUT2D eigenvalue weighted by molar-refractivity contribution is 0.0691. The maximum atomic E-state index is 14.0. The van der Waals surface area contributed by atoms with Crippen LogP contribution in [0, 0.1) is 5.82 Å². The molecule has 8 heteroatoms. The van der Waals surface area contributed by atoms with Crippen molar-refractivity contribution in [3.05, 3.63) is 28.0 Å². The second kappa shape index (κ2) is 4.53. The van der Waals surface area contributed by atoms with E-state index in [2.05, 4.69) is 20.7 Å². The first-order valence-corrected chi connectivity index (χ1v) is 7.69. The third-order valence-electron chi connectivity index (χ3n) is 2.90. The second-order valence-electron chi connectivity index (χ2n) is 4.74. The first-order valence-electron chi connectivity index (χ1n) is 5.41. The molecule has 0 spiro atoms. The highest BCUT2D eigenvalue weighted by molar-refractivity contribution is 9.10. The van der Waals surface area contributed by atoms with E-state index in [1.807, 2.05) is 0 Å². The summed E-state index contributed by atoms with van der Waals surface area (Å²) >= 11 is 2.98. The van der Waals surface area contributed by atoms with Crippen LogP contribution in [0.2, 0.25) is 0 Å². The SMILES string of the molecule is CC1(NS(=O)(=O)c2cc(Br)cc(C(=O)O)c2F)CC1. The zero-order valence-electron chi connectivity index (χ0n) is 9.91. The maximum absolute atomic E-state index is 14.0. The molecule has 19 heavy (non-hydrogen) atoms. The topological polar surface area (TPSA) is 83.5 Å². The predicted molar refractivity (Wildman–Crippen MR) is 69.0 cm³/mol. The first kappa shape index (κ1) is 14.4. The predicted octanol–water partition coefficient (Wildman–Crippen LogP) is 2.12. The zero-order valence-corrected chi connectivity index (χ0v) is 12.3. The van der Waals surface area contributed by atoms with Crippen molar-refractivity contribution in [2.45, 2.75) is 30.2 Å². The summed E-state index contributed by atoms with van der Waals surface area (Å²) in [5.74, 6) is -2.78. The molecule has 0 saturated heterocycles. The molecular formula is C11H11BrFNO4S. The molecule has 1 aromatic rings. The van der Waals surface area contributed by atoms with E-state index in [1.165, 1.54) is 0 Å². The first-order chi connectivity index (χ1) is 8.65. The molecule has 2 rings (SSSR count). The lowest BCUT2D eigenvalue weighted by Gasteiger charge is -2.13. The Hall–Kier alpha value is -0.990. The highest BCUT2D eigenvalue weighted by Crippen LogP contribution is 2.36. The molecule has 0 heterocycles. The van der Waals surface area contributed by atoms with Gasteiger partial charge in [-0.1, -0.05) is 15.9 Å². The lowest BCUT2D eigenvalue weighted by atomic mass is 10.2. The van der Waals surface area contributed by atoms with Crippen molar-refractivity contribution >= 4 is 31.9 Å². The largest absolute Gasteiger partial charge is 0.478 e. The monoisotopic (exact) mass is 351 g/mol. The van der Waals surface area contributed by atoms with Gasteiger partial charge in [-0.15, -0.1) is 0 Å². The van der Waals surface area contributed by atoms with Gasteiger partial charge in [-0.2, -0.15) is 0 Å². The van der Waals surface area contributed by atoms with E-state index in [-0.39, 0.29) is 4.47 Å². The van der Waals surface area contributed by atoms with Gasteiger partial charge in [0, 0.05) is 10.0 Å². The minimum Gasteiger partial charge on any atom is -0.478 e. The standard InChI is InChI=1S/C11H11BrFNO4S/c1-11(2-3-11)14-19(17,18)8-5-6(12)4-7(9(8)13)10(15)16/h4-5,14H,2-3H2,1H3,(H,15,16). The quantitative estimate of drug-likeness (QED) is 0.870. The van der Waals surface area contributed by atoms with E-state index in [0.29, 0.717) is 12.8 Å². The fraction of sp³-hybridized carbons (Fsp3) is 0.364. The van der Waals surface area contributed by atoms with Gasteiger partial charge in [0.2, 0.25) is 10.0 Å². The summed E-state index contributed by atoms with van der Waals surface area (Å²) in [5, 5.41) is 8.85. The summed E-state index contributed by atoms with van der Waals surface area (Å²) in [5.41, 5.74) is -1.24. The molecule has 0 aromatic heterocycles. The van der Waals surface area contributed by atoms with Gasteiger partial charge in [0.25, 0.3) is 0 Å². The Morgan fingerprint density at radius 1 is 1.47 bits per heavy atom. The third-order valence-corrected chi connectivity index (χ3v) is 5.00. The summed E-state index contributed by atoms with van der Waals surface area (Å²) in [7, 11) is -4.08. The fourth-order valence-electron chi connectivity index (χ4n) is 1.58. The number of aromatic carboxylic acids is 1. The molecule has 1 saturated carbocycles. The van der Waals surface area contributed by atoms with Gasteiger partial charge in [-0.05, 0) is 31.9 Å². The van der Waals surface area contributed by atoms with Crippen molar-refractivity contribution in [3.8, 4) is 0 Å². The molecule has 1 aliphatic rings. The van der Waals surface area contributed by atoms with Gasteiger partial charge in [-0.25, -0.2) is 22.3 Å². The Balaban J connectivity index is 2.53. The number of rotatable bonds is 4. The van der Waals surface area contributed by atoms with Crippen LogP contribution in [-0.2, 0) is 10.0 Å². The van der Waals surface area contributed by atoms with Gasteiger partial charge in [-0.3, -0.25) is 0 Å². The van der Waals surface area contributed by atoms with Gasteiger partial charge in [0.1, 0.15) is 4.90 Å². The van der Waals surface area contributed by atoms with E-state index in [1.54, 1.807) is 6.92 Å². The van der Waals surface area contributed by atoms with Crippen molar-refractivity contribution in [2.24, 2.45) is 0 Å². The molecule has 1 aliphatic carbocycles. The molecule has 0 radical (unpaired) electrons. The molecule has 1 fully saturated rings. The molecule has 5 nitrogen and oxygen atoms in total. The lowest BCUT2D eigenvalue weighted by Crippen LogP contribution is -2.35. The Bertz CT molecular complexity index is 655. The van der Waals surface area contributed by atoms with E-state index >= 15 is 0 Å². The average Bonchev–Trinajstić information content (AvgIpc) is 2.97. The smallest absolute Gasteiger partial charge is 0.338 e. The maximum Gasteiger partial charge on any atom is 0.338 e. The molecule has 104 valence electrons. The molecule has 1 aromatic carbocycles. The third kappa shape index (κ3) is 2.96. The van der Waals surface area contributed by atoms with Crippen LogP contribution < -0.4 is 4.72 Å². The number of hydrogen-bond donors (Lipinski definition) is 2. The summed E-state index contributed by atoms with van der Waals surface area (Å²) in [6.07, 6.45) is 1.35. The van der Waals surface area contributed by atoms with Crippen molar-refractivity contribution in [2.75, 3.05) is 0 Å². The number of carboxylic acids is 1. The minimum atomic E-state index is -4.08. The number of halogens is 2. The number of carbonyl (C=O) groups is 1. The highest BCUT2D eigenvalue weighted by atomic mass is 79.9. The van der Waals surface area contributed by atoms with Crippen LogP contribution in [0.1, 0.15) is 30.1 Å². The molecule has 0 amide bonds. The van der Waals surface area contributed by atoms with Gasteiger partial charge >= 0.3 is 5.97 Å². The van der Waals surface area contributed by atoms with Crippen LogP contribution in [0.25, 0.3) is 0 Å². The number of carboxylic acid groups (broad SMARTS) is 1. The second-order valence-corrected chi connectivity index (χ2v) is 7.30. The van der Waals surface area contributed by atoms with Crippen molar-refractivity contribution in [1.29, 1.82) is 0 Å². The van der Waals surface area contributed by atoms with Gasteiger partial charge < -0.3 is 5.11 Å². The number of hydrogen-bond acceptors (Lipinski definition) is 3. The summed E-state index contributed by atoms with van der Waals surface area (Å²) < 4.78 is 40.7. The average molecular weight is 352 g/mol.